The summed E-state index contributed by atoms with van der Waals surface area (Å²) >= 11 is 0. The minimum Gasteiger partial charge on any atom is -0.465 e. The lowest BCUT2D eigenvalue weighted by atomic mass is 10.0. The maximum absolute atomic E-state index is 13.1. The third-order valence-electron chi connectivity index (χ3n) is 4.38. The van der Waals surface area contributed by atoms with Crippen LogP contribution in [-0.4, -0.2) is 28.0 Å². The van der Waals surface area contributed by atoms with Gasteiger partial charge in [-0.15, -0.1) is 0 Å². The van der Waals surface area contributed by atoms with Gasteiger partial charge in [0.25, 0.3) is 0 Å². The Labute approximate surface area is 170 Å². The van der Waals surface area contributed by atoms with E-state index in [-0.39, 0.29) is 19.1 Å². The topological polar surface area (TPSA) is 73.2 Å². The molecule has 0 bridgehead atoms. The number of carbonyl (C=O) groups excluding carboxylic acids is 2. The molecule has 1 heterocycles. The Hall–Kier alpha value is -3.41. The van der Waals surface area contributed by atoms with Crippen LogP contribution in [0.25, 0.3) is 11.1 Å². The van der Waals surface area contributed by atoms with E-state index < -0.39 is 17.8 Å². The molecule has 1 amide bonds. The number of hydrogen-bond acceptors (Lipinski definition) is 4. The molecule has 150 valence electrons. The second-order valence-corrected chi connectivity index (χ2v) is 7.24. The van der Waals surface area contributed by atoms with Gasteiger partial charge in [0.15, 0.2) is 5.92 Å². The van der Waals surface area contributed by atoms with Crippen molar-refractivity contribution < 1.29 is 14.3 Å². The minimum atomic E-state index is -0.980. The van der Waals surface area contributed by atoms with E-state index in [1.54, 1.807) is 23.3 Å². The van der Waals surface area contributed by atoms with E-state index in [9.17, 15) is 9.59 Å². The van der Waals surface area contributed by atoms with E-state index >= 15 is 0 Å². The summed E-state index contributed by atoms with van der Waals surface area (Å²) in [5.74, 6) is -1.74. The third kappa shape index (κ3) is 5.54. The number of esters is 1. The number of nitrogens with zero attached hydrogens (tertiary/aromatic N) is 2. The first-order chi connectivity index (χ1) is 14.0. The number of rotatable bonds is 8. The van der Waals surface area contributed by atoms with Crippen molar-refractivity contribution in [3.8, 4) is 11.1 Å². The van der Waals surface area contributed by atoms with Crippen LogP contribution in [0.4, 0.5) is 5.69 Å². The summed E-state index contributed by atoms with van der Waals surface area (Å²) in [5, 5.41) is 2.92. The predicted molar refractivity (Wildman–Crippen MR) is 112 cm³/mol. The number of carbonyl (C=O) groups is 2. The van der Waals surface area contributed by atoms with Crippen LogP contribution in [0.5, 0.6) is 0 Å². The van der Waals surface area contributed by atoms with E-state index in [2.05, 4.69) is 10.3 Å². The fourth-order valence-electron chi connectivity index (χ4n) is 2.90. The van der Waals surface area contributed by atoms with Gasteiger partial charge < -0.3 is 14.6 Å². The van der Waals surface area contributed by atoms with Crippen molar-refractivity contribution in [3.05, 3.63) is 73.3 Å². The Bertz CT molecular complexity index is 937. The highest BCUT2D eigenvalue weighted by atomic mass is 16.5. The highest BCUT2D eigenvalue weighted by Crippen LogP contribution is 2.28. The quantitative estimate of drug-likeness (QED) is 0.465. The van der Waals surface area contributed by atoms with Gasteiger partial charge in [0, 0.05) is 30.2 Å². The van der Waals surface area contributed by atoms with Gasteiger partial charge >= 0.3 is 5.97 Å². The molecular weight excluding hydrogens is 366 g/mol. The lowest BCUT2D eigenvalue weighted by Gasteiger charge is -2.18. The monoisotopic (exact) mass is 391 g/mol. The summed E-state index contributed by atoms with van der Waals surface area (Å²) in [6, 6.07) is 17.3. The number of imidazole rings is 1. The van der Waals surface area contributed by atoms with Crippen LogP contribution in [0.15, 0.2) is 73.3 Å². The molecule has 0 saturated heterocycles. The summed E-state index contributed by atoms with van der Waals surface area (Å²) in [5.41, 5.74) is 2.52. The van der Waals surface area contributed by atoms with Crippen LogP contribution in [0, 0.1) is 11.8 Å². The van der Waals surface area contributed by atoms with Gasteiger partial charge in [0.1, 0.15) is 0 Å². The molecule has 1 atom stereocenters. The zero-order chi connectivity index (χ0) is 20.6. The molecule has 6 heteroatoms. The highest BCUT2D eigenvalue weighted by Gasteiger charge is 2.29. The number of hydrogen-bond donors (Lipinski definition) is 1. The zero-order valence-electron chi connectivity index (χ0n) is 16.6. The Balaban J connectivity index is 1.82. The largest absolute Gasteiger partial charge is 0.465 e. The van der Waals surface area contributed by atoms with Gasteiger partial charge in [-0.25, -0.2) is 4.98 Å². The molecule has 0 spiro atoms. The predicted octanol–water partition coefficient (Wildman–Crippen LogP) is 4.00. The molecule has 3 aromatic rings. The zero-order valence-corrected chi connectivity index (χ0v) is 16.6. The number of benzene rings is 2. The molecule has 0 aliphatic carbocycles. The average molecular weight is 391 g/mol. The molecule has 0 aliphatic heterocycles. The van der Waals surface area contributed by atoms with Gasteiger partial charge in [-0.05, 0) is 17.5 Å². The van der Waals surface area contributed by atoms with Crippen molar-refractivity contribution in [2.24, 2.45) is 11.8 Å². The first-order valence-corrected chi connectivity index (χ1v) is 9.62. The van der Waals surface area contributed by atoms with Crippen LogP contribution in [0.1, 0.15) is 13.8 Å². The Morgan fingerprint density at radius 3 is 2.48 bits per heavy atom. The number of amides is 1. The lowest BCUT2D eigenvalue weighted by Crippen LogP contribution is -2.35. The van der Waals surface area contributed by atoms with Crippen molar-refractivity contribution >= 4 is 17.6 Å². The van der Waals surface area contributed by atoms with E-state index in [4.69, 9.17) is 4.74 Å². The van der Waals surface area contributed by atoms with Crippen molar-refractivity contribution in [2.75, 3.05) is 11.9 Å². The van der Waals surface area contributed by atoms with Crippen molar-refractivity contribution in [2.45, 2.75) is 20.4 Å². The molecule has 29 heavy (non-hydrogen) atoms. The van der Waals surface area contributed by atoms with E-state index in [0.717, 1.165) is 11.1 Å². The molecular formula is C23H25N3O3. The number of aromatic nitrogens is 2. The average Bonchev–Trinajstić information content (AvgIpc) is 3.24. The SMILES string of the molecule is CC(C)COC(=O)[C@@H](Cn1ccnc1)C(=O)Nc1ccccc1-c1ccccc1. The summed E-state index contributed by atoms with van der Waals surface area (Å²) < 4.78 is 7.05. The summed E-state index contributed by atoms with van der Waals surface area (Å²) in [6.45, 7) is 4.34. The molecule has 0 fully saturated rings. The Morgan fingerprint density at radius 2 is 1.79 bits per heavy atom. The van der Waals surface area contributed by atoms with Crippen LogP contribution in [0.3, 0.4) is 0 Å². The van der Waals surface area contributed by atoms with E-state index in [1.165, 1.54) is 0 Å². The van der Waals surface area contributed by atoms with Crippen LogP contribution >= 0.6 is 0 Å². The van der Waals surface area contributed by atoms with Gasteiger partial charge in [-0.3, -0.25) is 9.59 Å². The van der Waals surface area contributed by atoms with Gasteiger partial charge in [0.2, 0.25) is 5.91 Å². The fraction of sp³-hybridized carbons (Fsp3) is 0.261. The summed E-state index contributed by atoms with van der Waals surface area (Å²) in [7, 11) is 0. The summed E-state index contributed by atoms with van der Waals surface area (Å²) in [4.78, 5) is 29.7. The Morgan fingerprint density at radius 1 is 1.07 bits per heavy atom. The smallest absolute Gasteiger partial charge is 0.320 e. The van der Waals surface area contributed by atoms with Crippen LogP contribution < -0.4 is 5.32 Å². The van der Waals surface area contributed by atoms with Crippen LogP contribution in [-0.2, 0) is 20.9 Å². The maximum Gasteiger partial charge on any atom is 0.320 e. The van der Waals surface area contributed by atoms with E-state index in [0.29, 0.717) is 5.69 Å². The third-order valence-corrected chi connectivity index (χ3v) is 4.38. The Kier molecular flexibility index (Phi) is 6.79. The minimum absolute atomic E-state index is 0.163. The van der Waals surface area contributed by atoms with Gasteiger partial charge in [-0.2, -0.15) is 0 Å². The van der Waals surface area contributed by atoms with Crippen molar-refractivity contribution in [1.82, 2.24) is 9.55 Å². The second kappa shape index (κ2) is 9.68. The summed E-state index contributed by atoms with van der Waals surface area (Å²) in [6.07, 6.45) is 4.90. The normalized spacial score (nSPS) is 11.8. The van der Waals surface area contributed by atoms with Crippen molar-refractivity contribution in [1.29, 1.82) is 0 Å². The standard InChI is InChI=1S/C23H25N3O3/c1-17(2)15-29-23(28)20(14-26-13-12-24-16-26)22(27)25-21-11-7-6-10-19(21)18-8-4-3-5-9-18/h3-13,16-17,20H,14-15H2,1-2H3,(H,25,27)/t20-/m0/s1. The molecule has 3 rings (SSSR count). The molecule has 1 N–H and O–H groups in total. The first kappa shape index (κ1) is 20.3. The number of anilines is 1. The molecule has 0 unspecified atom stereocenters. The van der Waals surface area contributed by atoms with Gasteiger partial charge in [-0.1, -0.05) is 62.4 Å². The molecule has 0 saturated carbocycles. The maximum atomic E-state index is 13.1. The molecule has 2 aromatic carbocycles. The van der Waals surface area contributed by atoms with Crippen molar-refractivity contribution in [3.63, 3.8) is 0 Å². The fourth-order valence-corrected chi connectivity index (χ4v) is 2.90. The first-order valence-electron chi connectivity index (χ1n) is 9.62. The second-order valence-electron chi connectivity index (χ2n) is 7.24. The number of ether oxygens (including phenoxy) is 1. The molecule has 6 nitrogen and oxygen atoms in total. The lowest BCUT2D eigenvalue weighted by molar-refractivity contribution is -0.152. The highest BCUT2D eigenvalue weighted by molar-refractivity contribution is 6.06. The molecule has 1 aromatic heterocycles. The van der Waals surface area contributed by atoms with Gasteiger partial charge in [0.05, 0.1) is 12.9 Å². The molecule has 0 radical (unpaired) electrons. The number of para-hydroxylation sites is 1. The van der Waals surface area contributed by atoms with E-state index in [1.807, 2.05) is 68.4 Å². The number of nitrogens with one attached hydrogen (secondary N) is 1. The van der Waals surface area contributed by atoms with Crippen LogP contribution in [0.2, 0.25) is 0 Å². The molecule has 0 aliphatic rings.